The number of aryl methyl sites for hydroxylation is 1. The molecule has 5 nitrogen and oxygen atoms in total. The molecule has 3 aromatic rings. The summed E-state index contributed by atoms with van der Waals surface area (Å²) in [6.45, 7) is 9.17. The molecule has 1 N–H and O–H groups in total. The summed E-state index contributed by atoms with van der Waals surface area (Å²) < 4.78 is 0. The van der Waals surface area contributed by atoms with Gasteiger partial charge in [-0.05, 0) is 42.7 Å². The van der Waals surface area contributed by atoms with Gasteiger partial charge in [-0.2, -0.15) is 0 Å². The largest absolute Gasteiger partial charge is 0.325 e. The fraction of sp³-hybridized carbons (Fsp3) is 0.333. The first-order chi connectivity index (χ1) is 14.1. The molecule has 1 fully saturated rings. The van der Waals surface area contributed by atoms with Crippen molar-refractivity contribution in [2.24, 2.45) is 0 Å². The van der Waals surface area contributed by atoms with Gasteiger partial charge in [0.15, 0.2) is 0 Å². The van der Waals surface area contributed by atoms with Crippen molar-refractivity contribution in [2.45, 2.75) is 20.4 Å². The van der Waals surface area contributed by atoms with Gasteiger partial charge in [-0.25, -0.2) is 0 Å². The second kappa shape index (κ2) is 8.72. The number of para-hydroxylation sites is 1. The Morgan fingerprint density at radius 1 is 0.966 bits per heavy atom. The van der Waals surface area contributed by atoms with Crippen LogP contribution in [0.4, 0.5) is 5.69 Å². The minimum Gasteiger partial charge on any atom is -0.325 e. The number of carbonyl (C=O) groups is 1. The summed E-state index contributed by atoms with van der Waals surface area (Å²) in [5.74, 6) is 0.0606. The highest BCUT2D eigenvalue weighted by molar-refractivity contribution is 5.93. The molecule has 2 aromatic carbocycles. The van der Waals surface area contributed by atoms with Gasteiger partial charge >= 0.3 is 0 Å². The number of piperazine rings is 1. The van der Waals surface area contributed by atoms with Crippen molar-refractivity contribution in [2.75, 3.05) is 38.0 Å². The monoisotopic (exact) mass is 388 g/mol. The first-order valence-electron chi connectivity index (χ1n) is 10.2. The molecule has 29 heavy (non-hydrogen) atoms. The normalized spacial score (nSPS) is 15.5. The Balaban J connectivity index is 1.30. The SMILES string of the molecule is Cc1cccc(NC(=O)CN2CCN(Cc3cccc4cccnc34)CC2)c1C. The Kier molecular flexibility index (Phi) is 5.88. The molecule has 0 radical (unpaired) electrons. The highest BCUT2D eigenvalue weighted by Gasteiger charge is 2.20. The topological polar surface area (TPSA) is 48.5 Å². The molecular weight excluding hydrogens is 360 g/mol. The van der Waals surface area contributed by atoms with E-state index in [4.69, 9.17) is 0 Å². The number of nitrogens with zero attached hydrogens (tertiary/aromatic N) is 3. The average Bonchev–Trinajstić information content (AvgIpc) is 2.73. The number of pyridine rings is 1. The number of aromatic nitrogens is 1. The quantitative estimate of drug-likeness (QED) is 0.725. The van der Waals surface area contributed by atoms with Gasteiger partial charge in [-0.15, -0.1) is 0 Å². The zero-order valence-electron chi connectivity index (χ0n) is 17.2. The third-order valence-electron chi connectivity index (χ3n) is 5.82. The van der Waals surface area contributed by atoms with Crippen LogP contribution in [0.3, 0.4) is 0 Å². The second-order valence-corrected chi connectivity index (χ2v) is 7.84. The molecule has 1 aliphatic rings. The molecule has 0 bridgehead atoms. The number of nitrogens with one attached hydrogen (secondary N) is 1. The van der Waals surface area contributed by atoms with Gasteiger partial charge in [-0.3, -0.25) is 19.6 Å². The van der Waals surface area contributed by atoms with E-state index in [9.17, 15) is 4.79 Å². The van der Waals surface area contributed by atoms with Crippen LogP contribution in [0.2, 0.25) is 0 Å². The first kappa shape index (κ1) is 19.6. The van der Waals surface area contributed by atoms with Gasteiger partial charge in [0.1, 0.15) is 0 Å². The summed E-state index contributed by atoms with van der Waals surface area (Å²) in [7, 11) is 0. The van der Waals surface area contributed by atoms with E-state index >= 15 is 0 Å². The van der Waals surface area contributed by atoms with Crippen LogP contribution >= 0.6 is 0 Å². The van der Waals surface area contributed by atoms with Crippen LogP contribution in [0.1, 0.15) is 16.7 Å². The lowest BCUT2D eigenvalue weighted by atomic mass is 10.1. The number of amides is 1. The zero-order chi connectivity index (χ0) is 20.2. The molecule has 0 aliphatic carbocycles. The van der Waals surface area contributed by atoms with Crippen molar-refractivity contribution < 1.29 is 4.79 Å². The summed E-state index contributed by atoms with van der Waals surface area (Å²) in [5.41, 5.74) is 5.60. The number of carbonyl (C=O) groups excluding carboxylic acids is 1. The number of hydrogen-bond acceptors (Lipinski definition) is 4. The fourth-order valence-electron chi connectivity index (χ4n) is 3.92. The van der Waals surface area contributed by atoms with E-state index in [0.29, 0.717) is 6.54 Å². The third kappa shape index (κ3) is 4.63. The van der Waals surface area contributed by atoms with Crippen LogP contribution in [0.25, 0.3) is 10.9 Å². The second-order valence-electron chi connectivity index (χ2n) is 7.84. The van der Waals surface area contributed by atoms with E-state index in [1.54, 1.807) is 0 Å². The molecule has 0 saturated carbocycles. The van der Waals surface area contributed by atoms with E-state index in [2.05, 4.69) is 57.4 Å². The van der Waals surface area contributed by atoms with Crippen LogP contribution in [-0.4, -0.2) is 53.4 Å². The summed E-state index contributed by atoms with van der Waals surface area (Å²) in [4.78, 5) is 21.7. The van der Waals surface area contributed by atoms with Crippen molar-refractivity contribution in [3.8, 4) is 0 Å². The minimum absolute atomic E-state index is 0.0606. The fourth-order valence-corrected chi connectivity index (χ4v) is 3.92. The van der Waals surface area contributed by atoms with Crippen LogP contribution in [0.5, 0.6) is 0 Å². The summed E-state index contributed by atoms with van der Waals surface area (Å²) >= 11 is 0. The molecule has 2 heterocycles. The number of fused-ring (bicyclic) bond motifs is 1. The maximum absolute atomic E-state index is 12.5. The lowest BCUT2D eigenvalue weighted by Crippen LogP contribution is -2.48. The standard InChI is InChI=1S/C24H28N4O/c1-18-6-3-10-22(19(18)2)26-23(29)17-28-14-12-27(13-15-28)16-21-8-4-7-20-9-5-11-25-24(20)21/h3-11H,12-17H2,1-2H3,(H,26,29). The predicted molar refractivity (Wildman–Crippen MR) is 118 cm³/mol. The maximum Gasteiger partial charge on any atom is 0.238 e. The minimum atomic E-state index is 0.0606. The molecule has 0 unspecified atom stereocenters. The van der Waals surface area contributed by atoms with Crippen molar-refractivity contribution in [1.82, 2.24) is 14.8 Å². The lowest BCUT2D eigenvalue weighted by Gasteiger charge is -2.34. The van der Waals surface area contributed by atoms with Crippen LogP contribution in [0.15, 0.2) is 54.7 Å². The van der Waals surface area contributed by atoms with E-state index in [1.807, 2.05) is 31.3 Å². The molecule has 4 rings (SSSR count). The van der Waals surface area contributed by atoms with Crippen molar-refractivity contribution in [3.05, 3.63) is 71.4 Å². The molecule has 0 atom stereocenters. The molecule has 1 amide bonds. The predicted octanol–water partition coefficient (Wildman–Crippen LogP) is 3.61. The molecule has 5 heteroatoms. The number of rotatable bonds is 5. The first-order valence-corrected chi connectivity index (χ1v) is 10.2. The van der Waals surface area contributed by atoms with Crippen molar-refractivity contribution in [3.63, 3.8) is 0 Å². The molecule has 150 valence electrons. The Hall–Kier alpha value is -2.76. The Labute approximate surface area is 172 Å². The molecule has 1 saturated heterocycles. The number of hydrogen-bond donors (Lipinski definition) is 1. The molecule has 1 aromatic heterocycles. The number of benzene rings is 2. The smallest absolute Gasteiger partial charge is 0.238 e. The highest BCUT2D eigenvalue weighted by atomic mass is 16.2. The van der Waals surface area contributed by atoms with Crippen LogP contribution < -0.4 is 5.32 Å². The van der Waals surface area contributed by atoms with Gasteiger partial charge in [0.2, 0.25) is 5.91 Å². The van der Waals surface area contributed by atoms with Crippen molar-refractivity contribution in [1.29, 1.82) is 0 Å². The summed E-state index contributed by atoms with van der Waals surface area (Å²) in [5, 5.41) is 4.25. The Morgan fingerprint density at radius 2 is 1.69 bits per heavy atom. The van der Waals surface area contributed by atoms with Gasteiger partial charge in [0, 0.05) is 50.0 Å². The molecular formula is C24H28N4O. The van der Waals surface area contributed by atoms with E-state index in [-0.39, 0.29) is 5.91 Å². The Bertz CT molecular complexity index is 1000. The summed E-state index contributed by atoms with van der Waals surface area (Å²) in [6.07, 6.45) is 1.86. The Morgan fingerprint density at radius 3 is 2.52 bits per heavy atom. The van der Waals surface area contributed by atoms with E-state index < -0.39 is 0 Å². The van der Waals surface area contributed by atoms with E-state index in [1.165, 1.54) is 16.5 Å². The summed E-state index contributed by atoms with van der Waals surface area (Å²) in [6, 6.07) is 16.5. The van der Waals surface area contributed by atoms with Gasteiger partial charge in [-0.1, -0.05) is 36.4 Å². The van der Waals surface area contributed by atoms with Gasteiger partial charge in [0.25, 0.3) is 0 Å². The van der Waals surface area contributed by atoms with Crippen LogP contribution in [-0.2, 0) is 11.3 Å². The third-order valence-corrected chi connectivity index (χ3v) is 5.82. The zero-order valence-corrected chi connectivity index (χ0v) is 17.2. The highest BCUT2D eigenvalue weighted by Crippen LogP contribution is 2.19. The molecule has 0 spiro atoms. The lowest BCUT2D eigenvalue weighted by molar-refractivity contribution is -0.117. The maximum atomic E-state index is 12.5. The average molecular weight is 389 g/mol. The van der Waals surface area contributed by atoms with Gasteiger partial charge in [0.05, 0.1) is 12.1 Å². The molecule has 1 aliphatic heterocycles. The number of anilines is 1. The van der Waals surface area contributed by atoms with Crippen molar-refractivity contribution >= 4 is 22.5 Å². The van der Waals surface area contributed by atoms with Crippen LogP contribution in [0, 0.1) is 13.8 Å². The van der Waals surface area contributed by atoms with Gasteiger partial charge < -0.3 is 5.32 Å². The van der Waals surface area contributed by atoms with E-state index in [0.717, 1.165) is 49.5 Å².